The predicted molar refractivity (Wildman–Crippen MR) is 84.6 cm³/mol. The SMILES string of the molecule is Cc1cnc(-c2noc(-c3cc(Br)ccc3N)n2)c(C)c1. The molecule has 2 heterocycles. The minimum absolute atomic E-state index is 0.380. The fourth-order valence-electron chi connectivity index (χ4n) is 2.09. The van der Waals surface area contributed by atoms with Gasteiger partial charge in [-0.15, -0.1) is 0 Å². The summed E-state index contributed by atoms with van der Waals surface area (Å²) in [6.45, 7) is 3.96. The van der Waals surface area contributed by atoms with Crippen LogP contribution in [0.3, 0.4) is 0 Å². The summed E-state index contributed by atoms with van der Waals surface area (Å²) in [5, 5.41) is 4.00. The lowest BCUT2D eigenvalue weighted by atomic mass is 10.1. The van der Waals surface area contributed by atoms with Gasteiger partial charge in [-0.25, -0.2) is 0 Å². The van der Waals surface area contributed by atoms with Gasteiger partial charge in [-0.3, -0.25) is 4.98 Å². The maximum atomic E-state index is 5.95. The third kappa shape index (κ3) is 2.67. The van der Waals surface area contributed by atoms with Gasteiger partial charge >= 0.3 is 0 Å². The molecule has 0 saturated carbocycles. The second-order valence-corrected chi connectivity index (χ2v) is 5.75. The molecule has 0 amide bonds. The highest BCUT2D eigenvalue weighted by molar-refractivity contribution is 9.10. The van der Waals surface area contributed by atoms with Gasteiger partial charge in [0, 0.05) is 16.4 Å². The van der Waals surface area contributed by atoms with E-state index in [1.54, 1.807) is 12.3 Å². The van der Waals surface area contributed by atoms with E-state index >= 15 is 0 Å². The summed E-state index contributed by atoms with van der Waals surface area (Å²) >= 11 is 3.41. The summed E-state index contributed by atoms with van der Waals surface area (Å²) in [4.78, 5) is 8.77. The van der Waals surface area contributed by atoms with Crippen LogP contribution in [0.15, 0.2) is 39.5 Å². The fraction of sp³-hybridized carbons (Fsp3) is 0.133. The zero-order valence-electron chi connectivity index (χ0n) is 11.6. The predicted octanol–water partition coefficient (Wildman–Crippen LogP) is 3.76. The second kappa shape index (κ2) is 5.29. The Bertz CT molecular complexity index is 813. The average Bonchev–Trinajstić information content (AvgIpc) is 2.91. The van der Waals surface area contributed by atoms with Crippen LogP contribution in [0.4, 0.5) is 5.69 Å². The van der Waals surface area contributed by atoms with Crippen molar-refractivity contribution >= 4 is 21.6 Å². The highest BCUT2D eigenvalue weighted by Gasteiger charge is 2.15. The number of nitrogens with zero attached hydrogens (tertiary/aromatic N) is 3. The molecule has 0 radical (unpaired) electrons. The lowest BCUT2D eigenvalue weighted by Crippen LogP contribution is -1.92. The van der Waals surface area contributed by atoms with Crippen LogP contribution in [0.2, 0.25) is 0 Å². The number of hydrogen-bond donors (Lipinski definition) is 1. The lowest BCUT2D eigenvalue weighted by molar-refractivity contribution is 0.432. The van der Waals surface area contributed by atoms with Crippen molar-refractivity contribution in [3.63, 3.8) is 0 Å². The Morgan fingerprint density at radius 1 is 1.19 bits per heavy atom. The van der Waals surface area contributed by atoms with Gasteiger partial charge in [-0.05, 0) is 43.2 Å². The van der Waals surface area contributed by atoms with E-state index in [1.165, 1.54) is 0 Å². The Hall–Kier alpha value is -2.21. The fourth-order valence-corrected chi connectivity index (χ4v) is 2.45. The molecule has 0 fully saturated rings. The molecule has 3 rings (SSSR count). The molecular formula is C15H13BrN4O. The van der Waals surface area contributed by atoms with Crippen molar-refractivity contribution in [2.45, 2.75) is 13.8 Å². The molecule has 2 aromatic heterocycles. The van der Waals surface area contributed by atoms with Gasteiger partial charge in [0.05, 0.1) is 5.56 Å². The number of rotatable bonds is 2. The summed E-state index contributed by atoms with van der Waals surface area (Å²) in [5.41, 5.74) is 10.1. The normalized spacial score (nSPS) is 10.8. The van der Waals surface area contributed by atoms with Crippen LogP contribution < -0.4 is 5.73 Å². The molecule has 0 saturated heterocycles. The third-order valence-corrected chi connectivity index (χ3v) is 3.59. The largest absolute Gasteiger partial charge is 0.398 e. The summed E-state index contributed by atoms with van der Waals surface area (Å²) in [5.74, 6) is 0.840. The zero-order chi connectivity index (χ0) is 15.0. The van der Waals surface area contributed by atoms with Gasteiger partial charge in [0.15, 0.2) is 0 Å². The summed E-state index contributed by atoms with van der Waals surface area (Å²) in [6, 6.07) is 7.54. The minimum Gasteiger partial charge on any atom is -0.398 e. The van der Waals surface area contributed by atoms with E-state index in [0.717, 1.165) is 15.6 Å². The van der Waals surface area contributed by atoms with Crippen molar-refractivity contribution in [1.82, 2.24) is 15.1 Å². The standard InChI is InChI=1S/C15H13BrN4O/c1-8-5-9(2)13(18-7-8)14-19-15(21-20-14)11-6-10(16)3-4-12(11)17/h3-7H,17H2,1-2H3. The van der Waals surface area contributed by atoms with Crippen LogP contribution in [-0.2, 0) is 0 Å². The van der Waals surface area contributed by atoms with Crippen molar-refractivity contribution in [3.05, 3.63) is 46.1 Å². The van der Waals surface area contributed by atoms with E-state index in [4.69, 9.17) is 10.3 Å². The summed E-state index contributed by atoms with van der Waals surface area (Å²) in [6.07, 6.45) is 1.78. The van der Waals surface area contributed by atoms with Crippen LogP contribution in [0.1, 0.15) is 11.1 Å². The van der Waals surface area contributed by atoms with Gasteiger partial charge in [0.2, 0.25) is 5.82 Å². The van der Waals surface area contributed by atoms with Gasteiger partial charge in [-0.2, -0.15) is 4.98 Å². The molecule has 0 atom stereocenters. The molecule has 0 aliphatic rings. The van der Waals surface area contributed by atoms with Crippen molar-refractivity contribution in [1.29, 1.82) is 0 Å². The minimum atomic E-state index is 0.380. The summed E-state index contributed by atoms with van der Waals surface area (Å²) < 4.78 is 6.22. The number of nitrogen functional groups attached to an aromatic ring is 1. The number of aryl methyl sites for hydroxylation is 2. The first-order valence-electron chi connectivity index (χ1n) is 6.37. The van der Waals surface area contributed by atoms with Gasteiger partial charge < -0.3 is 10.3 Å². The van der Waals surface area contributed by atoms with Crippen LogP contribution in [-0.4, -0.2) is 15.1 Å². The molecule has 6 heteroatoms. The van der Waals surface area contributed by atoms with Crippen molar-refractivity contribution < 1.29 is 4.52 Å². The highest BCUT2D eigenvalue weighted by atomic mass is 79.9. The second-order valence-electron chi connectivity index (χ2n) is 4.83. The molecular weight excluding hydrogens is 332 g/mol. The molecule has 1 aromatic carbocycles. The Morgan fingerprint density at radius 3 is 2.76 bits per heavy atom. The van der Waals surface area contributed by atoms with Crippen molar-refractivity contribution in [2.24, 2.45) is 0 Å². The lowest BCUT2D eigenvalue weighted by Gasteiger charge is -2.01. The van der Waals surface area contributed by atoms with Crippen LogP contribution in [0, 0.1) is 13.8 Å². The molecule has 2 N–H and O–H groups in total. The maximum absolute atomic E-state index is 5.95. The molecule has 5 nitrogen and oxygen atoms in total. The third-order valence-electron chi connectivity index (χ3n) is 3.10. The van der Waals surface area contributed by atoms with Gasteiger partial charge in [0.1, 0.15) is 5.69 Å². The number of aromatic nitrogens is 3. The topological polar surface area (TPSA) is 77.8 Å². The molecule has 106 valence electrons. The zero-order valence-corrected chi connectivity index (χ0v) is 13.2. The van der Waals surface area contributed by atoms with E-state index in [2.05, 4.69) is 31.1 Å². The molecule has 0 aliphatic carbocycles. The van der Waals surface area contributed by atoms with Crippen molar-refractivity contribution in [3.8, 4) is 23.0 Å². The number of anilines is 1. The van der Waals surface area contributed by atoms with Crippen molar-refractivity contribution in [2.75, 3.05) is 5.73 Å². The van der Waals surface area contributed by atoms with E-state index in [9.17, 15) is 0 Å². The molecule has 0 spiro atoms. The van der Waals surface area contributed by atoms with Gasteiger partial charge in [-0.1, -0.05) is 27.2 Å². The van der Waals surface area contributed by atoms with Gasteiger partial charge in [0.25, 0.3) is 5.89 Å². The first-order valence-corrected chi connectivity index (χ1v) is 7.16. The number of hydrogen-bond acceptors (Lipinski definition) is 5. The number of nitrogens with two attached hydrogens (primary N) is 1. The quantitative estimate of drug-likeness (QED) is 0.716. The molecule has 0 aliphatic heterocycles. The van der Waals surface area contributed by atoms with E-state index < -0.39 is 0 Å². The molecule has 0 unspecified atom stereocenters. The molecule has 3 aromatic rings. The Balaban J connectivity index is 2.06. The Labute approximate surface area is 130 Å². The Morgan fingerprint density at radius 2 is 2.00 bits per heavy atom. The Kier molecular flexibility index (Phi) is 3.47. The monoisotopic (exact) mass is 344 g/mol. The number of benzene rings is 1. The average molecular weight is 345 g/mol. The highest BCUT2D eigenvalue weighted by Crippen LogP contribution is 2.29. The smallest absolute Gasteiger partial charge is 0.260 e. The van der Waals surface area contributed by atoms with E-state index in [0.29, 0.717) is 28.7 Å². The first-order chi connectivity index (χ1) is 10.0. The van der Waals surface area contributed by atoms with Crippen LogP contribution >= 0.6 is 15.9 Å². The van der Waals surface area contributed by atoms with Crippen LogP contribution in [0.25, 0.3) is 23.0 Å². The molecule has 0 bridgehead atoms. The molecule has 21 heavy (non-hydrogen) atoms. The summed E-state index contributed by atoms with van der Waals surface area (Å²) in [7, 11) is 0. The first kappa shape index (κ1) is 13.8. The van der Waals surface area contributed by atoms with Crippen LogP contribution in [0.5, 0.6) is 0 Å². The van der Waals surface area contributed by atoms with E-state index in [1.807, 2.05) is 32.0 Å². The number of pyridine rings is 1. The van der Waals surface area contributed by atoms with E-state index in [-0.39, 0.29) is 0 Å². The maximum Gasteiger partial charge on any atom is 0.260 e. The number of halogens is 1.